The van der Waals surface area contributed by atoms with E-state index in [1.807, 2.05) is 6.92 Å². The summed E-state index contributed by atoms with van der Waals surface area (Å²) in [5.74, 6) is 1.77. The van der Waals surface area contributed by atoms with Gasteiger partial charge in [-0.1, -0.05) is 12.1 Å². The van der Waals surface area contributed by atoms with Crippen molar-refractivity contribution >= 4 is 0 Å². The van der Waals surface area contributed by atoms with Crippen LogP contribution < -0.4 is 5.32 Å². The largest absolute Gasteiger partial charge is 0.370 e. The number of nitrogens with one attached hydrogen (secondary N) is 1. The molecule has 1 fully saturated rings. The van der Waals surface area contributed by atoms with Crippen LogP contribution >= 0.6 is 0 Å². The van der Waals surface area contributed by atoms with Crippen LogP contribution in [0.2, 0.25) is 0 Å². The highest BCUT2D eigenvalue weighted by Crippen LogP contribution is 2.27. The van der Waals surface area contributed by atoms with Gasteiger partial charge in [0.05, 0.1) is 5.92 Å². The maximum absolute atomic E-state index is 5.58. The van der Waals surface area contributed by atoms with Gasteiger partial charge in [-0.15, -0.1) is 0 Å². The second-order valence-electron chi connectivity index (χ2n) is 4.48. The third-order valence-corrected chi connectivity index (χ3v) is 3.33. The third kappa shape index (κ3) is 2.66. The van der Waals surface area contributed by atoms with Gasteiger partial charge < -0.3 is 14.6 Å². The zero-order valence-electron chi connectivity index (χ0n) is 10.8. The first-order valence-electron chi connectivity index (χ1n) is 6.44. The Kier molecular flexibility index (Phi) is 4.12. The molecule has 0 spiro atoms. The van der Waals surface area contributed by atoms with Crippen LogP contribution in [0.3, 0.4) is 0 Å². The van der Waals surface area contributed by atoms with Crippen LogP contribution in [0.25, 0.3) is 0 Å². The smallest absolute Gasteiger partial charge is 0.231 e. The van der Waals surface area contributed by atoms with Gasteiger partial charge in [0, 0.05) is 12.6 Å². The predicted octanol–water partition coefficient (Wildman–Crippen LogP) is 2.02. The summed E-state index contributed by atoms with van der Waals surface area (Å²) in [4.78, 5) is 4.49. The molecule has 5 heteroatoms. The van der Waals surface area contributed by atoms with Crippen molar-refractivity contribution in [3.63, 3.8) is 0 Å². The van der Waals surface area contributed by atoms with Gasteiger partial charge in [0.2, 0.25) is 11.7 Å². The molecule has 1 aromatic rings. The SMILES string of the molecule is CCOC(CC)c1noc(C2CCNC2C)n1. The average molecular weight is 239 g/mol. The van der Waals surface area contributed by atoms with Crippen molar-refractivity contribution < 1.29 is 9.26 Å². The molecule has 1 aliphatic heterocycles. The van der Waals surface area contributed by atoms with Crippen LogP contribution in [0, 0.1) is 0 Å². The fourth-order valence-corrected chi connectivity index (χ4v) is 2.30. The maximum Gasteiger partial charge on any atom is 0.231 e. The van der Waals surface area contributed by atoms with E-state index in [9.17, 15) is 0 Å². The van der Waals surface area contributed by atoms with Crippen molar-refractivity contribution in [3.05, 3.63) is 11.7 Å². The van der Waals surface area contributed by atoms with Crippen molar-refractivity contribution in [3.8, 4) is 0 Å². The first-order chi connectivity index (χ1) is 8.26. The molecule has 3 unspecified atom stereocenters. The van der Waals surface area contributed by atoms with E-state index < -0.39 is 0 Å². The standard InChI is InChI=1S/C12H21N3O2/c1-4-10(16-5-2)11-14-12(17-15-11)9-6-7-13-8(9)3/h8-10,13H,4-7H2,1-3H3. The summed E-state index contributed by atoms with van der Waals surface area (Å²) in [5, 5.41) is 7.43. The van der Waals surface area contributed by atoms with Gasteiger partial charge in [0.1, 0.15) is 6.10 Å². The number of ether oxygens (including phenoxy) is 1. The molecule has 5 nitrogen and oxygen atoms in total. The topological polar surface area (TPSA) is 60.2 Å². The predicted molar refractivity (Wildman–Crippen MR) is 63.8 cm³/mol. The molecule has 2 rings (SSSR count). The Balaban J connectivity index is 2.09. The summed E-state index contributed by atoms with van der Waals surface area (Å²) in [7, 11) is 0. The second kappa shape index (κ2) is 5.60. The Morgan fingerprint density at radius 1 is 1.53 bits per heavy atom. The van der Waals surface area contributed by atoms with Crippen LogP contribution in [0.15, 0.2) is 4.52 Å². The van der Waals surface area contributed by atoms with Gasteiger partial charge in [-0.2, -0.15) is 4.98 Å². The lowest BCUT2D eigenvalue weighted by atomic mass is 10.0. The molecule has 1 aromatic heterocycles. The maximum atomic E-state index is 5.58. The molecule has 0 aliphatic carbocycles. The summed E-state index contributed by atoms with van der Waals surface area (Å²) in [6.07, 6.45) is 1.89. The van der Waals surface area contributed by atoms with Gasteiger partial charge in [0.25, 0.3) is 0 Å². The van der Waals surface area contributed by atoms with E-state index in [1.165, 1.54) is 0 Å². The number of hydrogen-bond acceptors (Lipinski definition) is 5. The minimum Gasteiger partial charge on any atom is -0.370 e. The van der Waals surface area contributed by atoms with Gasteiger partial charge in [-0.25, -0.2) is 0 Å². The summed E-state index contributed by atoms with van der Waals surface area (Å²) >= 11 is 0. The van der Waals surface area contributed by atoms with Crippen molar-refractivity contribution in [2.24, 2.45) is 0 Å². The lowest BCUT2D eigenvalue weighted by Gasteiger charge is -2.10. The van der Waals surface area contributed by atoms with Crippen molar-refractivity contribution in [1.29, 1.82) is 0 Å². The second-order valence-corrected chi connectivity index (χ2v) is 4.48. The van der Waals surface area contributed by atoms with Crippen molar-refractivity contribution in [2.75, 3.05) is 13.2 Å². The lowest BCUT2D eigenvalue weighted by Crippen LogP contribution is -2.21. The molecule has 96 valence electrons. The normalized spacial score (nSPS) is 26.3. The molecule has 0 saturated carbocycles. The van der Waals surface area contributed by atoms with E-state index in [1.54, 1.807) is 0 Å². The third-order valence-electron chi connectivity index (χ3n) is 3.33. The molecule has 0 amide bonds. The Labute approximate surface area is 102 Å². The minimum absolute atomic E-state index is 0.0397. The van der Waals surface area contributed by atoms with Crippen LogP contribution in [-0.2, 0) is 4.74 Å². The highest BCUT2D eigenvalue weighted by atomic mass is 16.5. The number of rotatable bonds is 5. The fraction of sp³-hybridized carbons (Fsp3) is 0.833. The molecule has 0 radical (unpaired) electrons. The fourth-order valence-electron chi connectivity index (χ4n) is 2.30. The van der Waals surface area contributed by atoms with E-state index in [0.29, 0.717) is 24.4 Å². The molecular formula is C12H21N3O2. The average Bonchev–Trinajstić information content (AvgIpc) is 2.94. The van der Waals surface area contributed by atoms with Crippen LogP contribution in [-0.4, -0.2) is 29.3 Å². The summed E-state index contributed by atoms with van der Waals surface area (Å²) in [5.41, 5.74) is 0. The van der Waals surface area contributed by atoms with E-state index >= 15 is 0 Å². The molecule has 0 bridgehead atoms. The molecule has 0 aromatic carbocycles. The van der Waals surface area contributed by atoms with Gasteiger partial charge >= 0.3 is 0 Å². The van der Waals surface area contributed by atoms with Crippen LogP contribution in [0.1, 0.15) is 57.3 Å². The molecule has 3 atom stereocenters. The van der Waals surface area contributed by atoms with E-state index in [4.69, 9.17) is 9.26 Å². The number of aromatic nitrogens is 2. The van der Waals surface area contributed by atoms with E-state index in [0.717, 1.165) is 25.3 Å². The molecule has 1 aliphatic rings. The summed E-state index contributed by atoms with van der Waals surface area (Å²) in [6, 6.07) is 0.412. The first-order valence-corrected chi connectivity index (χ1v) is 6.44. The Bertz CT molecular complexity index is 353. The molecule has 2 heterocycles. The van der Waals surface area contributed by atoms with E-state index in [2.05, 4.69) is 29.3 Å². The van der Waals surface area contributed by atoms with Crippen molar-refractivity contribution in [1.82, 2.24) is 15.5 Å². The molecule has 1 saturated heterocycles. The van der Waals surface area contributed by atoms with Crippen LogP contribution in [0.4, 0.5) is 0 Å². The summed E-state index contributed by atoms with van der Waals surface area (Å²) in [6.45, 7) is 7.89. The Morgan fingerprint density at radius 3 is 2.94 bits per heavy atom. The molecular weight excluding hydrogens is 218 g/mol. The summed E-state index contributed by atoms with van der Waals surface area (Å²) < 4.78 is 10.9. The van der Waals surface area contributed by atoms with Gasteiger partial charge in [-0.05, 0) is 33.2 Å². The van der Waals surface area contributed by atoms with Crippen LogP contribution in [0.5, 0.6) is 0 Å². The Hall–Kier alpha value is -0.940. The highest BCUT2D eigenvalue weighted by Gasteiger charge is 2.30. The molecule has 1 N–H and O–H groups in total. The van der Waals surface area contributed by atoms with E-state index in [-0.39, 0.29) is 6.10 Å². The lowest BCUT2D eigenvalue weighted by molar-refractivity contribution is 0.0518. The van der Waals surface area contributed by atoms with Crippen molar-refractivity contribution in [2.45, 2.75) is 51.7 Å². The number of hydrogen-bond donors (Lipinski definition) is 1. The van der Waals surface area contributed by atoms with Gasteiger partial charge in [0.15, 0.2) is 0 Å². The van der Waals surface area contributed by atoms with Gasteiger partial charge in [-0.3, -0.25) is 0 Å². The zero-order valence-corrected chi connectivity index (χ0v) is 10.8. The Morgan fingerprint density at radius 2 is 2.35 bits per heavy atom. The quantitative estimate of drug-likeness (QED) is 0.851. The monoisotopic (exact) mass is 239 g/mol. The minimum atomic E-state index is -0.0397. The zero-order chi connectivity index (χ0) is 12.3. The first kappa shape index (κ1) is 12.5. The molecule has 17 heavy (non-hydrogen) atoms. The highest BCUT2D eigenvalue weighted by molar-refractivity contribution is 5.03. The number of nitrogens with zero attached hydrogens (tertiary/aromatic N) is 2.